The van der Waals surface area contributed by atoms with Crippen molar-refractivity contribution in [2.45, 2.75) is 39.5 Å². The quantitative estimate of drug-likeness (QED) is 0.779. The summed E-state index contributed by atoms with van der Waals surface area (Å²) in [6.45, 7) is 5.25. The van der Waals surface area contributed by atoms with Gasteiger partial charge >= 0.3 is 0 Å². The number of aryl methyl sites for hydroxylation is 2. The molecule has 0 aliphatic heterocycles. The van der Waals surface area contributed by atoms with Gasteiger partial charge in [0, 0.05) is 25.4 Å². The third-order valence-electron chi connectivity index (χ3n) is 3.39. The summed E-state index contributed by atoms with van der Waals surface area (Å²) < 4.78 is 0. The van der Waals surface area contributed by atoms with Crippen LogP contribution in [0.5, 0.6) is 0 Å². The Labute approximate surface area is 97.9 Å². The summed E-state index contributed by atoms with van der Waals surface area (Å²) in [5.74, 6) is 2.84. The highest BCUT2D eigenvalue weighted by atomic mass is 15.2. The monoisotopic (exact) mass is 219 g/mol. The van der Waals surface area contributed by atoms with Crippen molar-refractivity contribution in [2.24, 2.45) is 5.92 Å². The van der Waals surface area contributed by atoms with Crippen molar-refractivity contribution < 1.29 is 0 Å². The number of hydrogen-bond donors (Lipinski definition) is 0. The minimum absolute atomic E-state index is 0.880. The number of anilines is 1. The summed E-state index contributed by atoms with van der Waals surface area (Å²) in [5.41, 5.74) is 1.14. The molecule has 3 heteroatoms. The van der Waals surface area contributed by atoms with Crippen LogP contribution in [0, 0.1) is 12.8 Å². The molecule has 1 aromatic heterocycles. The highest BCUT2D eigenvalue weighted by molar-refractivity contribution is 5.39. The predicted molar refractivity (Wildman–Crippen MR) is 66.8 cm³/mol. The van der Waals surface area contributed by atoms with Crippen molar-refractivity contribution >= 4 is 5.82 Å². The third-order valence-corrected chi connectivity index (χ3v) is 3.39. The van der Waals surface area contributed by atoms with Crippen LogP contribution in [0.15, 0.2) is 6.07 Å². The maximum atomic E-state index is 4.51. The fourth-order valence-electron chi connectivity index (χ4n) is 2.15. The number of nitrogens with zero attached hydrogens (tertiary/aromatic N) is 3. The maximum Gasteiger partial charge on any atom is 0.132 e. The van der Waals surface area contributed by atoms with Gasteiger partial charge in [0.1, 0.15) is 11.6 Å². The Morgan fingerprint density at radius 1 is 1.38 bits per heavy atom. The van der Waals surface area contributed by atoms with E-state index in [0.29, 0.717) is 0 Å². The van der Waals surface area contributed by atoms with Gasteiger partial charge in [0.25, 0.3) is 0 Å². The molecule has 0 bridgehead atoms. The molecule has 1 aliphatic rings. The fraction of sp³-hybridized carbons (Fsp3) is 0.692. The molecule has 0 spiro atoms. The van der Waals surface area contributed by atoms with Crippen LogP contribution in [0.1, 0.15) is 37.7 Å². The highest BCUT2D eigenvalue weighted by Crippen LogP contribution is 2.28. The standard InChI is InChI=1S/C13H21N3/c1-4-12-8-13(15-10(2)14-12)16(3)9-11-6-5-7-11/h8,11H,4-7,9H2,1-3H3. The molecule has 1 fully saturated rings. The molecule has 0 saturated heterocycles. The topological polar surface area (TPSA) is 29.0 Å². The van der Waals surface area contributed by atoms with Gasteiger partial charge in [-0.25, -0.2) is 9.97 Å². The second-order valence-corrected chi connectivity index (χ2v) is 4.80. The lowest BCUT2D eigenvalue weighted by molar-refractivity contribution is 0.321. The molecule has 3 nitrogen and oxygen atoms in total. The van der Waals surface area contributed by atoms with Crippen molar-refractivity contribution in [2.75, 3.05) is 18.5 Å². The van der Waals surface area contributed by atoms with E-state index in [4.69, 9.17) is 0 Å². The largest absolute Gasteiger partial charge is 0.359 e. The summed E-state index contributed by atoms with van der Waals surface area (Å²) in [6.07, 6.45) is 5.15. The van der Waals surface area contributed by atoms with Gasteiger partial charge in [-0.2, -0.15) is 0 Å². The van der Waals surface area contributed by atoms with E-state index in [1.165, 1.54) is 19.3 Å². The Morgan fingerprint density at radius 2 is 2.12 bits per heavy atom. The third kappa shape index (κ3) is 2.52. The Kier molecular flexibility index (Phi) is 3.42. The van der Waals surface area contributed by atoms with E-state index >= 15 is 0 Å². The summed E-state index contributed by atoms with van der Waals surface area (Å²) in [4.78, 5) is 11.2. The van der Waals surface area contributed by atoms with Gasteiger partial charge in [-0.3, -0.25) is 0 Å². The molecule has 1 aliphatic carbocycles. The lowest BCUT2D eigenvalue weighted by atomic mass is 9.85. The Balaban J connectivity index is 2.08. The molecule has 0 atom stereocenters. The van der Waals surface area contributed by atoms with Crippen molar-refractivity contribution in [1.82, 2.24) is 9.97 Å². The van der Waals surface area contributed by atoms with E-state index in [0.717, 1.165) is 36.2 Å². The molecule has 0 amide bonds. The smallest absolute Gasteiger partial charge is 0.132 e. The molecule has 0 unspecified atom stereocenters. The summed E-state index contributed by atoms with van der Waals surface area (Å²) in [5, 5.41) is 0. The average molecular weight is 219 g/mol. The summed E-state index contributed by atoms with van der Waals surface area (Å²) in [6, 6.07) is 2.12. The van der Waals surface area contributed by atoms with Crippen LogP contribution in [-0.4, -0.2) is 23.6 Å². The molecule has 88 valence electrons. The maximum absolute atomic E-state index is 4.51. The van der Waals surface area contributed by atoms with Crippen LogP contribution < -0.4 is 4.90 Å². The number of hydrogen-bond acceptors (Lipinski definition) is 3. The zero-order chi connectivity index (χ0) is 11.5. The van der Waals surface area contributed by atoms with E-state index in [9.17, 15) is 0 Å². The van der Waals surface area contributed by atoms with Crippen LogP contribution in [0.4, 0.5) is 5.82 Å². The first-order valence-electron chi connectivity index (χ1n) is 6.24. The van der Waals surface area contributed by atoms with Crippen LogP contribution in [0.2, 0.25) is 0 Å². The Morgan fingerprint density at radius 3 is 2.69 bits per heavy atom. The first kappa shape index (κ1) is 11.4. The van der Waals surface area contributed by atoms with E-state index in [2.05, 4.69) is 34.9 Å². The van der Waals surface area contributed by atoms with Gasteiger partial charge in [-0.15, -0.1) is 0 Å². The van der Waals surface area contributed by atoms with Gasteiger partial charge < -0.3 is 4.90 Å². The highest BCUT2D eigenvalue weighted by Gasteiger charge is 2.19. The van der Waals surface area contributed by atoms with Crippen molar-refractivity contribution in [1.29, 1.82) is 0 Å². The van der Waals surface area contributed by atoms with E-state index in [-0.39, 0.29) is 0 Å². The Bertz CT molecular complexity index is 358. The van der Waals surface area contributed by atoms with Crippen molar-refractivity contribution in [3.8, 4) is 0 Å². The Hall–Kier alpha value is -1.12. The molecular formula is C13H21N3. The van der Waals surface area contributed by atoms with Crippen molar-refractivity contribution in [3.05, 3.63) is 17.6 Å². The molecule has 1 saturated carbocycles. The zero-order valence-corrected chi connectivity index (χ0v) is 10.5. The normalized spacial score (nSPS) is 15.9. The predicted octanol–water partition coefficient (Wildman–Crippen LogP) is 2.58. The van der Waals surface area contributed by atoms with E-state index < -0.39 is 0 Å². The van der Waals surface area contributed by atoms with E-state index in [1.807, 2.05) is 6.92 Å². The molecule has 2 rings (SSSR count). The SMILES string of the molecule is CCc1cc(N(C)CC2CCC2)nc(C)n1. The molecule has 1 aromatic rings. The summed E-state index contributed by atoms with van der Waals surface area (Å²) >= 11 is 0. The van der Waals surface area contributed by atoms with Gasteiger partial charge in [0.2, 0.25) is 0 Å². The van der Waals surface area contributed by atoms with Gasteiger partial charge in [-0.1, -0.05) is 13.3 Å². The summed E-state index contributed by atoms with van der Waals surface area (Å²) in [7, 11) is 2.14. The second kappa shape index (κ2) is 4.81. The lowest BCUT2D eigenvalue weighted by Crippen LogP contribution is -2.30. The van der Waals surface area contributed by atoms with Crippen molar-refractivity contribution in [3.63, 3.8) is 0 Å². The molecule has 0 aromatic carbocycles. The van der Waals surface area contributed by atoms with Crippen LogP contribution >= 0.6 is 0 Å². The van der Waals surface area contributed by atoms with Gasteiger partial charge in [0.05, 0.1) is 0 Å². The van der Waals surface area contributed by atoms with Gasteiger partial charge in [-0.05, 0) is 32.1 Å². The second-order valence-electron chi connectivity index (χ2n) is 4.80. The van der Waals surface area contributed by atoms with Crippen LogP contribution in [-0.2, 0) is 6.42 Å². The number of rotatable bonds is 4. The fourth-order valence-corrected chi connectivity index (χ4v) is 2.15. The number of aromatic nitrogens is 2. The van der Waals surface area contributed by atoms with E-state index in [1.54, 1.807) is 0 Å². The van der Waals surface area contributed by atoms with Gasteiger partial charge in [0.15, 0.2) is 0 Å². The zero-order valence-electron chi connectivity index (χ0n) is 10.5. The first-order valence-corrected chi connectivity index (χ1v) is 6.24. The molecular weight excluding hydrogens is 198 g/mol. The average Bonchev–Trinajstić information content (AvgIpc) is 2.22. The molecule has 0 N–H and O–H groups in total. The molecule has 0 radical (unpaired) electrons. The first-order chi connectivity index (χ1) is 7.69. The minimum Gasteiger partial charge on any atom is -0.359 e. The van der Waals surface area contributed by atoms with Crippen LogP contribution in [0.3, 0.4) is 0 Å². The minimum atomic E-state index is 0.880. The lowest BCUT2D eigenvalue weighted by Gasteiger charge is -2.30. The molecule has 1 heterocycles. The molecule has 16 heavy (non-hydrogen) atoms. The van der Waals surface area contributed by atoms with Crippen LogP contribution in [0.25, 0.3) is 0 Å².